The summed E-state index contributed by atoms with van der Waals surface area (Å²) in [7, 11) is 2.12. The Hall–Kier alpha value is -3.23. The number of anilines is 2. The van der Waals surface area contributed by atoms with Crippen LogP contribution < -0.4 is 9.80 Å². The average Bonchev–Trinajstić information content (AvgIpc) is 3.22. The van der Waals surface area contributed by atoms with E-state index in [2.05, 4.69) is 55.1 Å². The van der Waals surface area contributed by atoms with Crippen LogP contribution in [0.15, 0.2) is 24.5 Å². The van der Waals surface area contributed by atoms with Gasteiger partial charge in [-0.1, -0.05) is 6.92 Å². The van der Waals surface area contributed by atoms with Crippen LogP contribution in [-0.2, 0) is 6.42 Å². The van der Waals surface area contributed by atoms with Gasteiger partial charge in [0, 0.05) is 56.8 Å². The monoisotopic (exact) mass is 377 g/mol. The van der Waals surface area contributed by atoms with Gasteiger partial charge in [0.2, 0.25) is 5.65 Å². The van der Waals surface area contributed by atoms with Crippen molar-refractivity contribution in [3.63, 3.8) is 0 Å². The van der Waals surface area contributed by atoms with Crippen LogP contribution in [0.2, 0.25) is 0 Å². The van der Waals surface area contributed by atoms with Crippen LogP contribution in [0.3, 0.4) is 0 Å². The Morgan fingerprint density at radius 3 is 2.75 bits per heavy atom. The van der Waals surface area contributed by atoms with Gasteiger partial charge in [0.15, 0.2) is 11.5 Å². The molecule has 0 unspecified atom stereocenters. The summed E-state index contributed by atoms with van der Waals surface area (Å²) in [5, 5.41) is 13.2. The zero-order valence-electron chi connectivity index (χ0n) is 16.5. The van der Waals surface area contributed by atoms with Crippen LogP contribution in [-0.4, -0.2) is 60.4 Å². The highest BCUT2D eigenvalue weighted by Crippen LogP contribution is 2.28. The summed E-state index contributed by atoms with van der Waals surface area (Å²) in [6.07, 6.45) is 4.60. The maximum Gasteiger partial charge on any atom is 0.203 e. The fraction of sp³-hybridized carbons (Fsp3) is 0.421. The van der Waals surface area contributed by atoms with Gasteiger partial charge in [-0.2, -0.15) is 9.61 Å². The average molecular weight is 377 g/mol. The summed E-state index contributed by atoms with van der Waals surface area (Å²) in [4.78, 5) is 13.7. The largest absolute Gasteiger partial charge is 0.353 e. The van der Waals surface area contributed by atoms with E-state index in [-0.39, 0.29) is 0 Å². The molecule has 9 nitrogen and oxygen atoms in total. The molecule has 0 bridgehead atoms. The smallest absolute Gasteiger partial charge is 0.203 e. The van der Waals surface area contributed by atoms with E-state index in [9.17, 15) is 0 Å². The molecular formula is C19H23N9. The molecule has 4 aromatic rings. The number of fused-ring (bicyclic) bond motifs is 2. The Morgan fingerprint density at radius 1 is 1.14 bits per heavy atom. The van der Waals surface area contributed by atoms with Gasteiger partial charge >= 0.3 is 0 Å². The van der Waals surface area contributed by atoms with Crippen molar-refractivity contribution in [3.05, 3.63) is 41.7 Å². The molecule has 28 heavy (non-hydrogen) atoms. The summed E-state index contributed by atoms with van der Waals surface area (Å²) in [5.41, 5.74) is 3.67. The van der Waals surface area contributed by atoms with Gasteiger partial charge < -0.3 is 9.80 Å². The molecule has 1 fully saturated rings. The highest BCUT2D eigenvalue weighted by atomic mass is 15.4. The number of aryl methyl sites for hydroxylation is 3. The summed E-state index contributed by atoms with van der Waals surface area (Å²) in [6, 6.07) is 4.47. The molecule has 5 rings (SSSR count). The predicted molar refractivity (Wildman–Crippen MR) is 107 cm³/mol. The lowest BCUT2D eigenvalue weighted by atomic mass is 10.1. The van der Waals surface area contributed by atoms with Crippen molar-refractivity contribution in [3.8, 4) is 0 Å². The lowest BCUT2D eigenvalue weighted by molar-refractivity contribution is 0.487. The molecule has 0 N–H and O–H groups in total. The lowest BCUT2D eigenvalue weighted by Gasteiger charge is -2.45. The number of aromatic nitrogens is 7. The second-order valence-electron chi connectivity index (χ2n) is 7.40. The summed E-state index contributed by atoms with van der Waals surface area (Å²) >= 11 is 0. The molecule has 0 atom stereocenters. The van der Waals surface area contributed by atoms with Gasteiger partial charge in [-0.15, -0.1) is 10.2 Å². The minimum absolute atomic E-state index is 0.366. The van der Waals surface area contributed by atoms with E-state index in [1.807, 2.05) is 41.2 Å². The molecule has 1 aliphatic rings. The number of hydrogen-bond donors (Lipinski definition) is 0. The Balaban J connectivity index is 1.41. The molecule has 0 amide bonds. The first-order valence-corrected chi connectivity index (χ1v) is 9.55. The van der Waals surface area contributed by atoms with E-state index < -0.39 is 0 Å². The first kappa shape index (κ1) is 16.9. The third kappa shape index (κ3) is 2.49. The van der Waals surface area contributed by atoms with E-state index >= 15 is 0 Å². The topological polar surface area (TPSA) is 79.8 Å². The Morgan fingerprint density at radius 2 is 1.96 bits per heavy atom. The first-order valence-electron chi connectivity index (χ1n) is 9.55. The highest BCUT2D eigenvalue weighted by molar-refractivity contribution is 5.66. The van der Waals surface area contributed by atoms with E-state index in [4.69, 9.17) is 0 Å². The summed E-state index contributed by atoms with van der Waals surface area (Å²) in [6.45, 7) is 7.85. The maximum absolute atomic E-state index is 4.61. The Labute approximate surface area is 162 Å². The number of rotatable bonds is 4. The first-order chi connectivity index (χ1) is 13.5. The minimum atomic E-state index is 0.366. The molecule has 5 heterocycles. The molecule has 9 heteroatoms. The number of nitrogens with zero attached hydrogens (tertiary/aromatic N) is 9. The second kappa shape index (κ2) is 6.15. The molecule has 1 saturated heterocycles. The van der Waals surface area contributed by atoms with Gasteiger partial charge in [0.05, 0.1) is 11.7 Å². The molecule has 144 valence electrons. The molecule has 4 aromatic heterocycles. The Bertz CT molecular complexity index is 1170. The van der Waals surface area contributed by atoms with Crippen molar-refractivity contribution in [2.75, 3.05) is 29.9 Å². The van der Waals surface area contributed by atoms with Crippen molar-refractivity contribution in [1.82, 2.24) is 34.2 Å². The number of hydrogen-bond acceptors (Lipinski definition) is 7. The van der Waals surface area contributed by atoms with Crippen molar-refractivity contribution < 1.29 is 0 Å². The zero-order valence-corrected chi connectivity index (χ0v) is 16.5. The molecular weight excluding hydrogens is 354 g/mol. The molecule has 0 aromatic carbocycles. The van der Waals surface area contributed by atoms with E-state index in [0.717, 1.165) is 59.7 Å². The fourth-order valence-electron chi connectivity index (χ4n) is 3.83. The van der Waals surface area contributed by atoms with Crippen molar-refractivity contribution in [1.29, 1.82) is 0 Å². The lowest BCUT2D eigenvalue weighted by Crippen LogP contribution is -2.59. The third-order valence-corrected chi connectivity index (χ3v) is 5.42. The van der Waals surface area contributed by atoms with Crippen LogP contribution >= 0.6 is 0 Å². The van der Waals surface area contributed by atoms with Crippen molar-refractivity contribution >= 4 is 22.9 Å². The SMILES string of the molecule is CCc1nnc2c(N3CC(N(C)c4cc(C)nc5cc(C)nn45)C3)nccn12. The van der Waals surface area contributed by atoms with Crippen LogP contribution in [0.25, 0.3) is 11.3 Å². The molecule has 0 radical (unpaired) electrons. The van der Waals surface area contributed by atoms with Crippen LogP contribution in [0.4, 0.5) is 11.6 Å². The minimum Gasteiger partial charge on any atom is -0.353 e. The summed E-state index contributed by atoms with van der Waals surface area (Å²) in [5.74, 6) is 2.91. The van der Waals surface area contributed by atoms with Gasteiger partial charge in [-0.25, -0.2) is 9.97 Å². The van der Waals surface area contributed by atoms with E-state index in [1.165, 1.54) is 0 Å². The quantitative estimate of drug-likeness (QED) is 0.535. The molecule has 0 saturated carbocycles. The number of likely N-dealkylation sites (N-methyl/N-ethyl adjacent to an activating group) is 1. The highest BCUT2D eigenvalue weighted by Gasteiger charge is 2.34. The van der Waals surface area contributed by atoms with Gasteiger partial charge in [-0.3, -0.25) is 4.40 Å². The molecule has 0 spiro atoms. The van der Waals surface area contributed by atoms with Crippen LogP contribution in [0.5, 0.6) is 0 Å². The van der Waals surface area contributed by atoms with Gasteiger partial charge in [-0.05, 0) is 13.8 Å². The van der Waals surface area contributed by atoms with Gasteiger partial charge in [0.25, 0.3) is 0 Å². The molecule has 0 aliphatic carbocycles. The van der Waals surface area contributed by atoms with E-state index in [1.54, 1.807) is 0 Å². The summed E-state index contributed by atoms with van der Waals surface area (Å²) < 4.78 is 3.96. The predicted octanol–water partition coefficient (Wildman–Crippen LogP) is 1.67. The van der Waals surface area contributed by atoms with Crippen LogP contribution in [0, 0.1) is 13.8 Å². The Kier molecular flexibility index (Phi) is 3.71. The third-order valence-electron chi connectivity index (χ3n) is 5.42. The van der Waals surface area contributed by atoms with E-state index in [0.29, 0.717) is 6.04 Å². The second-order valence-corrected chi connectivity index (χ2v) is 7.40. The fourth-order valence-corrected chi connectivity index (χ4v) is 3.83. The van der Waals surface area contributed by atoms with Gasteiger partial charge in [0.1, 0.15) is 11.6 Å². The normalized spacial score (nSPS) is 14.8. The molecule has 1 aliphatic heterocycles. The van der Waals surface area contributed by atoms with Crippen molar-refractivity contribution in [2.45, 2.75) is 33.2 Å². The van der Waals surface area contributed by atoms with Crippen LogP contribution in [0.1, 0.15) is 24.1 Å². The van der Waals surface area contributed by atoms with Crippen molar-refractivity contribution in [2.24, 2.45) is 0 Å². The zero-order chi connectivity index (χ0) is 19.4. The maximum atomic E-state index is 4.61. The standard InChI is InChI=1S/C19H23N9/c1-5-15-22-23-19-18(20-6-7-27(15)19)26-10-14(11-26)25(4)17-9-12(2)21-16-8-13(3)24-28(16)17/h6-9,14H,5,10-11H2,1-4H3.